The van der Waals surface area contributed by atoms with Crippen LogP contribution in [0.1, 0.15) is 46.5 Å². The first-order valence-electron chi connectivity index (χ1n) is 5.24. The van der Waals surface area contributed by atoms with Crippen LogP contribution in [-0.2, 0) is 4.79 Å². The maximum atomic E-state index is 11.2. The lowest BCUT2D eigenvalue weighted by molar-refractivity contribution is -0.129. The van der Waals surface area contributed by atoms with Crippen LogP contribution in [0.2, 0.25) is 0 Å². The summed E-state index contributed by atoms with van der Waals surface area (Å²) in [6, 6.07) is 0. The van der Waals surface area contributed by atoms with Crippen LogP contribution in [0.15, 0.2) is 0 Å². The molecule has 1 aliphatic rings. The van der Waals surface area contributed by atoms with E-state index in [0.717, 1.165) is 18.8 Å². The summed E-state index contributed by atoms with van der Waals surface area (Å²) < 4.78 is 0. The van der Waals surface area contributed by atoms with Crippen LogP contribution >= 0.6 is 0 Å². The molecule has 0 aromatic heterocycles. The number of amides is 1. The lowest BCUT2D eigenvalue weighted by Gasteiger charge is -2.36. The van der Waals surface area contributed by atoms with Crippen molar-refractivity contribution in [1.82, 2.24) is 0 Å². The van der Waals surface area contributed by atoms with Crippen LogP contribution in [0.5, 0.6) is 0 Å². The lowest BCUT2D eigenvalue weighted by Crippen LogP contribution is -2.39. The summed E-state index contributed by atoms with van der Waals surface area (Å²) in [6.45, 7) is 6.25. The van der Waals surface area contributed by atoms with E-state index in [1.54, 1.807) is 0 Å². The molecule has 1 fully saturated rings. The number of carbonyl (C=O) groups is 1. The van der Waals surface area contributed by atoms with E-state index < -0.39 is 0 Å². The van der Waals surface area contributed by atoms with Crippen molar-refractivity contribution in [3.05, 3.63) is 0 Å². The number of rotatable bonds is 2. The number of nitrogens with two attached hydrogens (primary N) is 1. The highest BCUT2D eigenvalue weighted by atomic mass is 16.1. The third kappa shape index (κ3) is 2.23. The fraction of sp³-hybridized carbons (Fsp3) is 0.909. The summed E-state index contributed by atoms with van der Waals surface area (Å²) in [5.41, 5.74) is 5.09. The van der Waals surface area contributed by atoms with E-state index in [1.165, 1.54) is 12.8 Å². The Hall–Kier alpha value is -0.530. The predicted molar refractivity (Wildman–Crippen MR) is 54.1 cm³/mol. The second-order valence-electron chi connectivity index (χ2n) is 5.04. The topological polar surface area (TPSA) is 43.1 Å². The average molecular weight is 183 g/mol. The predicted octanol–water partition coefficient (Wildman–Crippen LogP) is 2.32. The molecule has 0 spiro atoms. The standard InChI is InChI=1S/C11H21NO/c1-8-4-6-9(7-5-8)11(2,3)10(12)13/h8-9H,4-7H2,1-3H3,(H2,12,13). The molecule has 0 unspecified atom stereocenters. The molecule has 0 aromatic carbocycles. The summed E-state index contributed by atoms with van der Waals surface area (Å²) in [4.78, 5) is 11.2. The Kier molecular flexibility index (Phi) is 2.99. The Morgan fingerprint density at radius 1 is 1.23 bits per heavy atom. The van der Waals surface area contributed by atoms with Gasteiger partial charge in [0.05, 0.1) is 0 Å². The molecule has 0 aromatic rings. The first kappa shape index (κ1) is 10.6. The van der Waals surface area contributed by atoms with Gasteiger partial charge in [0.25, 0.3) is 0 Å². The van der Waals surface area contributed by atoms with E-state index in [-0.39, 0.29) is 11.3 Å². The van der Waals surface area contributed by atoms with Gasteiger partial charge in [0, 0.05) is 5.41 Å². The Balaban J connectivity index is 2.58. The van der Waals surface area contributed by atoms with Gasteiger partial charge in [-0.25, -0.2) is 0 Å². The molecule has 1 aliphatic carbocycles. The Morgan fingerprint density at radius 3 is 2.08 bits per heavy atom. The minimum atomic E-state index is -0.305. The van der Waals surface area contributed by atoms with E-state index in [4.69, 9.17) is 5.73 Å². The van der Waals surface area contributed by atoms with Gasteiger partial charge in [0.2, 0.25) is 5.91 Å². The van der Waals surface area contributed by atoms with E-state index in [2.05, 4.69) is 6.92 Å². The van der Waals surface area contributed by atoms with E-state index in [1.807, 2.05) is 13.8 Å². The number of hydrogen-bond donors (Lipinski definition) is 1. The molecule has 0 saturated heterocycles. The highest BCUT2D eigenvalue weighted by Crippen LogP contribution is 2.39. The maximum absolute atomic E-state index is 11.2. The average Bonchev–Trinajstić information content (AvgIpc) is 2.04. The van der Waals surface area contributed by atoms with Gasteiger partial charge in [-0.3, -0.25) is 4.79 Å². The van der Waals surface area contributed by atoms with Crippen molar-refractivity contribution in [3.63, 3.8) is 0 Å². The van der Waals surface area contributed by atoms with Crippen LogP contribution in [0.3, 0.4) is 0 Å². The second-order valence-corrected chi connectivity index (χ2v) is 5.04. The highest BCUT2D eigenvalue weighted by Gasteiger charge is 2.36. The molecule has 76 valence electrons. The van der Waals surface area contributed by atoms with Gasteiger partial charge in [-0.05, 0) is 24.7 Å². The summed E-state index contributed by atoms with van der Waals surface area (Å²) >= 11 is 0. The maximum Gasteiger partial charge on any atom is 0.223 e. The summed E-state index contributed by atoms with van der Waals surface area (Å²) in [7, 11) is 0. The minimum absolute atomic E-state index is 0.146. The second kappa shape index (κ2) is 3.69. The molecule has 2 heteroatoms. The Bertz CT molecular complexity index is 190. The fourth-order valence-electron chi connectivity index (χ4n) is 2.18. The van der Waals surface area contributed by atoms with Crippen molar-refractivity contribution >= 4 is 5.91 Å². The van der Waals surface area contributed by atoms with Gasteiger partial charge < -0.3 is 5.73 Å². The third-order valence-corrected chi connectivity index (χ3v) is 3.67. The smallest absolute Gasteiger partial charge is 0.223 e. The van der Waals surface area contributed by atoms with Gasteiger partial charge in [-0.1, -0.05) is 33.6 Å². The van der Waals surface area contributed by atoms with Gasteiger partial charge in [0.1, 0.15) is 0 Å². The fourth-order valence-corrected chi connectivity index (χ4v) is 2.18. The summed E-state index contributed by atoms with van der Waals surface area (Å²) in [5.74, 6) is 1.19. The largest absolute Gasteiger partial charge is 0.369 e. The molecule has 1 amide bonds. The first-order chi connectivity index (χ1) is 5.94. The van der Waals surface area contributed by atoms with Crippen molar-refractivity contribution in [2.45, 2.75) is 46.5 Å². The monoisotopic (exact) mass is 183 g/mol. The van der Waals surface area contributed by atoms with Crippen LogP contribution in [-0.4, -0.2) is 5.91 Å². The minimum Gasteiger partial charge on any atom is -0.369 e. The normalized spacial score (nSPS) is 30.1. The highest BCUT2D eigenvalue weighted by molar-refractivity contribution is 5.80. The Morgan fingerprint density at radius 2 is 1.69 bits per heavy atom. The number of carbonyl (C=O) groups excluding carboxylic acids is 1. The summed E-state index contributed by atoms with van der Waals surface area (Å²) in [5, 5.41) is 0. The zero-order chi connectivity index (χ0) is 10.1. The van der Waals surface area contributed by atoms with Crippen LogP contribution in [0.4, 0.5) is 0 Å². The SMILES string of the molecule is CC1CCC(C(C)(C)C(N)=O)CC1. The molecular formula is C11H21NO. The summed E-state index contributed by atoms with van der Waals surface area (Å²) in [6.07, 6.45) is 4.83. The van der Waals surface area contributed by atoms with Crippen LogP contribution < -0.4 is 5.73 Å². The molecular weight excluding hydrogens is 162 g/mol. The molecule has 1 saturated carbocycles. The van der Waals surface area contributed by atoms with Crippen LogP contribution in [0, 0.1) is 17.3 Å². The molecule has 0 bridgehead atoms. The zero-order valence-electron chi connectivity index (χ0n) is 8.97. The van der Waals surface area contributed by atoms with Gasteiger partial charge in [-0.15, -0.1) is 0 Å². The molecule has 1 rings (SSSR count). The first-order valence-corrected chi connectivity index (χ1v) is 5.24. The molecule has 0 heterocycles. The van der Waals surface area contributed by atoms with E-state index in [9.17, 15) is 4.79 Å². The van der Waals surface area contributed by atoms with Crippen molar-refractivity contribution in [2.75, 3.05) is 0 Å². The molecule has 0 atom stereocenters. The van der Waals surface area contributed by atoms with Crippen LogP contribution in [0.25, 0.3) is 0 Å². The number of hydrogen-bond acceptors (Lipinski definition) is 1. The van der Waals surface area contributed by atoms with Crippen molar-refractivity contribution in [3.8, 4) is 0 Å². The Labute approximate surface area is 80.9 Å². The number of primary amides is 1. The van der Waals surface area contributed by atoms with E-state index >= 15 is 0 Å². The zero-order valence-corrected chi connectivity index (χ0v) is 8.97. The molecule has 13 heavy (non-hydrogen) atoms. The molecule has 0 aliphatic heterocycles. The van der Waals surface area contributed by atoms with E-state index in [0.29, 0.717) is 5.92 Å². The molecule has 0 radical (unpaired) electrons. The molecule has 2 nitrogen and oxygen atoms in total. The van der Waals surface area contributed by atoms with Crippen molar-refractivity contribution in [2.24, 2.45) is 23.0 Å². The quantitative estimate of drug-likeness (QED) is 0.701. The van der Waals surface area contributed by atoms with Crippen molar-refractivity contribution in [1.29, 1.82) is 0 Å². The van der Waals surface area contributed by atoms with Gasteiger partial charge in [0.15, 0.2) is 0 Å². The third-order valence-electron chi connectivity index (χ3n) is 3.67. The molecule has 2 N–H and O–H groups in total. The van der Waals surface area contributed by atoms with Crippen molar-refractivity contribution < 1.29 is 4.79 Å². The van der Waals surface area contributed by atoms with Gasteiger partial charge in [-0.2, -0.15) is 0 Å². The van der Waals surface area contributed by atoms with Gasteiger partial charge >= 0.3 is 0 Å². The lowest BCUT2D eigenvalue weighted by atomic mass is 9.69.